The molecule has 0 spiro atoms. The van der Waals surface area contributed by atoms with Crippen molar-refractivity contribution in [3.05, 3.63) is 76.5 Å². The van der Waals surface area contributed by atoms with Crippen molar-refractivity contribution in [2.75, 3.05) is 20.3 Å². The Kier molecular flexibility index (Phi) is 14.7. The number of phenolic OH excluding ortho intramolecular Hbond substituents is 3. The van der Waals surface area contributed by atoms with Gasteiger partial charge in [-0.3, -0.25) is 4.79 Å². The first-order valence-corrected chi connectivity index (χ1v) is 20.3. The summed E-state index contributed by atoms with van der Waals surface area (Å²) in [6.45, 7) is -0.362. The Labute approximate surface area is 372 Å². The molecule has 66 heavy (non-hydrogen) atoms. The van der Waals surface area contributed by atoms with Gasteiger partial charge >= 0.3 is 5.97 Å². The van der Waals surface area contributed by atoms with Gasteiger partial charge < -0.3 is 104 Å². The van der Waals surface area contributed by atoms with Gasteiger partial charge in [0, 0.05) is 23.8 Å². The van der Waals surface area contributed by atoms with Crippen LogP contribution in [0.3, 0.4) is 0 Å². The Morgan fingerprint density at radius 2 is 1.33 bits per heavy atom. The van der Waals surface area contributed by atoms with Crippen molar-refractivity contribution in [2.45, 2.75) is 99.0 Å². The Balaban J connectivity index is 1.24. The molecule has 3 fully saturated rings. The lowest BCUT2D eigenvalue weighted by atomic mass is 9.97. The number of phenols is 3. The van der Waals surface area contributed by atoms with Crippen LogP contribution in [0.5, 0.6) is 34.5 Å². The zero-order valence-electron chi connectivity index (χ0n) is 34.8. The predicted octanol–water partition coefficient (Wildman–Crippen LogP) is -1.94. The smallest absolute Gasteiger partial charge is 0.331 e. The molecule has 0 radical (unpaired) electrons. The Bertz CT molecular complexity index is 2420. The van der Waals surface area contributed by atoms with E-state index in [-0.39, 0.29) is 28.6 Å². The summed E-state index contributed by atoms with van der Waals surface area (Å²) in [5.41, 5.74) is -1.05. The highest BCUT2D eigenvalue weighted by Crippen LogP contribution is 2.40. The molecule has 15 atom stereocenters. The lowest BCUT2D eigenvalue weighted by molar-refractivity contribution is -0.354. The van der Waals surface area contributed by atoms with Crippen molar-refractivity contribution in [1.29, 1.82) is 0 Å². The lowest BCUT2D eigenvalue weighted by Gasteiger charge is -2.45. The van der Waals surface area contributed by atoms with Crippen LogP contribution in [0.15, 0.2) is 69.9 Å². The van der Waals surface area contributed by atoms with E-state index in [2.05, 4.69) is 0 Å². The summed E-state index contributed by atoms with van der Waals surface area (Å²) < 4.78 is 51.3. The molecule has 4 heterocycles. The maximum Gasteiger partial charge on any atom is 0.331 e. The van der Waals surface area contributed by atoms with E-state index >= 15 is 0 Å². The number of carbonyl (C=O) groups is 1. The predicted molar refractivity (Wildman–Crippen MR) is 219 cm³/mol. The summed E-state index contributed by atoms with van der Waals surface area (Å²) in [5.74, 6) is -3.61. The summed E-state index contributed by atoms with van der Waals surface area (Å²) in [7, 11) is 1.33. The van der Waals surface area contributed by atoms with Gasteiger partial charge in [0.15, 0.2) is 35.8 Å². The summed E-state index contributed by atoms with van der Waals surface area (Å²) in [4.78, 5) is 27.5. The molecule has 3 saturated heterocycles. The van der Waals surface area contributed by atoms with Crippen LogP contribution in [0.25, 0.3) is 28.4 Å². The SMILES string of the molecule is COc1cc(/C=C/C(=O)O[C@H]2[C@H](Oc3cc(O)c4c(=O)c(O[C@@H]5O[C@H](CO)[C@@H](O)[C@H](O)[C@H]5O[C@H]5O[C@H](C)[C@@H](O)[C@H](O)[C@@H]5O)c(-c5ccc(O)cc5)oc4c3)O[C@H](CO)[C@@H](O)[C@@H]2O)ccc1O. The topological polar surface area (TPSA) is 364 Å². The molecular formula is C43H48O23. The van der Waals surface area contributed by atoms with Crippen molar-refractivity contribution >= 4 is 23.0 Å². The molecule has 0 aliphatic carbocycles. The van der Waals surface area contributed by atoms with Crippen LogP contribution >= 0.6 is 0 Å². The van der Waals surface area contributed by atoms with Crippen molar-refractivity contribution < 1.29 is 108 Å². The maximum atomic E-state index is 14.5. The van der Waals surface area contributed by atoms with E-state index in [4.69, 9.17) is 42.3 Å². The number of fused-ring (bicyclic) bond motifs is 1. The first kappa shape index (κ1) is 48.3. The Hall–Kier alpha value is -5.64. The van der Waals surface area contributed by atoms with Gasteiger partial charge in [-0.05, 0) is 55.0 Å². The van der Waals surface area contributed by atoms with Crippen LogP contribution in [0, 0.1) is 0 Å². The third kappa shape index (κ3) is 9.75. The molecule has 4 aromatic rings. The van der Waals surface area contributed by atoms with E-state index in [1.807, 2.05) is 0 Å². The van der Waals surface area contributed by atoms with Gasteiger partial charge in [-0.2, -0.15) is 0 Å². The second-order valence-corrected chi connectivity index (χ2v) is 15.5. The van der Waals surface area contributed by atoms with Crippen LogP contribution in [0.1, 0.15) is 12.5 Å². The number of aromatic hydroxyl groups is 3. The fourth-order valence-electron chi connectivity index (χ4n) is 7.47. The summed E-state index contributed by atoms with van der Waals surface area (Å²) in [5, 5.41) is 126. The average Bonchev–Trinajstić information content (AvgIpc) is 3.29. The van der Waals surface area contributed by atoms with Gasteiger partial charge in [0.2, 0.25) is 23.8 Å². The highest BCUT2D eigenvalue weighted by atomic mass is 16.8. The highest BCUT2D eigenvalue weighted by molar-refractivity contribution is 5.89. The maximum absolute atomic E-state index is 14.5. The molecule has 12 N–H and O–H groups in total. The first-order chi connectivity index (χ1) is 31.4. The molecule has 0 amide bonds. The quantitative estimate of drug-likeness (QED) is 0.0512. The van der Waals surface area contributed by atoms with Gasteiger partial charge in [-0.1, -0.05) is 6.07 Å². The first-order valence-electron chi connectivity index (χ1n) is 20.3. The number of aliphatic hydroxyl groups is 9. The number of aliphatic hydroxyl groups excluding tert-OH is 9. The number of benzene rings is 3. The fraction of sp³-hybridized carbons (Fsp3) is 0.442. The Morgan fingerprint density at radius 3 is 1.97 bits per heavy atom. The largest absolute Gasteiger partial charge is 0.508 e. The van der Waals surface area contributed by atoms with E-state index in [1.54, 1.807) is 0 Å². The number of hydrogen-bond donors (Lipinski definition) is 12. The molecule has 23 heteroatoms. The molecule has 0 saturated carbocycles. The zero-order valence-corrected chi connectivity index (χ0v) is 34.8. The normalized spacial score (nSPS) is 32.6. The molecule has 7 rings (SSSR count). The van der Waals surface area contributed by atoms with Crippen LogP contribution < -0.4 is 19.6 Å². The molecular weight excluding hydrogens is 884 g/mol. The zero-order chi connectivity index (χ0) is 47.7. The molecule has 0 bridgehead atoms. The minimum Gasteiger partial charge on any atom is -0.508 e. The van der Waals surface area contributed by atoms with Gasteiger partial charge in [0.1, 0.15) is 83.2 Å². The second kappa shape index (κ2) is 20.1. The molecule has 1 aromatic heterocycles. The monoisotopic (exact) mass is 932 g/mol. The van der Waals surface area contributed by atoms with E-state index in [0.29, 0.717) is 5.56 Å². The van der Waals surface area contributed by atoms with Gasteiger partial charge in [0.25, 0.3) is 0 Å². The Morgan fingerprint density at radius 1 is 0.697 bits per heavy atom. The number of carbonyl (C=O) groups excluding carboxylic acids is 1. The van der Waals surface area contributed by atoms with Gasteiger partial charge in [-0.15, -0.1) is 0 Å². The van der Waals surface area contributed by atoms with E-state index < -0.39 is 145 Å². The van der Waals surface area contributed by atoms with Crippen molar-refractivity contribution in [3.63, 3.8) is 0 Å². The number of esters is 1. The van der Waals surface area contributed by atoms with Crippen molar-refractivity contribution in [1.82, 2.24) is 0 Å². The van der Waals surface area contributed by atoms with Gasteiger partial charge in [-0.25, -0.2) is 4.79 Å². The number of hydrogen-bond acceptors (Lipinski definition) is 23. The summed E-state index contributed by atoms with van der Waals surface area (Å²) in [6.07, 6.45) is -23.8. The molecule has 3 aliphatic heterocycles. The van der Waals surface area contributed by atoms with E-state index in [9.17, 15) is 70.9 Å². The lowest BCUT2D eigenvalue weighted by Crippen LogP contribution is -2.64. The number of ether oxygens (including phenoxy) is 8. The summed E-state index contributed by atoms with van der Waals surface area (Å²) in [6, 6.07) is 11.3. The van der Waals surface area contributed by atoms with Crippen LogP contribution in [0.2, 0.25) is 0 Å². The summed E-state index contributed by atoms with van der Waals surface area (Å²) >= 11 is 0. The average molecular weight is 933 g/mol. The third-order valence-electron chi connectivity index (χ3n) is 11.1. The molecule has 3 aromatic carbocycles. The van der Waals surface area contributed by atoms with Crippen molar-refractivity contribution in [3.8, 4) is 45.8 Å². The minimum atomic E-state index is -1.98. The van der Waals surface area contributed by atoms with E-state index in [1.165, 1.54) is 62.6 Å². The standard InChI is InChI=1S/C43H48O23/c1-16-29(50)33(54)36(57)41(59-16)66-40-35(56)31(52)26(15-45)63-43(40)65-38-32(53)28-22(48)12-20(13-24(28)61-37(38)18-5-7-19(46)8-6-18)60-42-39(34(55)30(51)25(14-44)62-42)64-27(49)10-4-17-3-9-21(47)23(11-17)58-2/h3-13,16,25-26,29-31,33-36,39-48,50-52,54-57H,14-15H2,1-2H3/b10-4+/t16-,25-,26-,29-,30-,31-,33+,34+,35+,36+,39-,40-,41-,42-,43+/m1/s1. The highest BCUT2D eigenvalue weighted by Gasteiger charge is 2.52. The molecule has 358 valence electrons. The minimum absolute atomic E-state index is 0.0569. The van der Waals surface area contributed by atoms with Gasteiger partial charge in [0.05, 0.1) is 26.4 Å². The molecule has 0 unspecified atom stereocenters. The number of rotatable bonds is 13. The van der Waals surface area contributed by atoms with Crippen LogP contribution in [0.4, 0.5) is 0 Å². The van der Waals surface area contributed by atoms with Crippen molar-refractivity contribution in [2.24, 2.45) is 0 Å². The molecule has 23 nitrogen and oxygen atoms in total. The van der Waals surface area contributed by atoms with Crippen LogP contribution in [-0.2, 0) is 28.5 Å². The third-order valence-corrected chi connectivity index (χ3v) is 11.1. The second-order valence-electron chi connectivity index (χ2n) is 15.5. The molecule has 3 aliphatic rings. The van der Waals surface area contributed by atoms with E-state index in [0.717, 1.165) is 18.2 Å². The fourth-order valence-corrected chi connectivity index (χ4v) is 7.47. The van der Waals surface area contributed by atoms with Crippen LogP contribution in [-0.4, -0.2) is 180 Å². The number of methoxy groups -OCH3 is 1.